The second-order valence-electron chi connectivity index (χ2n) is 22.0. The molecule has 0 aliphatic carbocycles. The Balaban J connectivity index is 1.24. The molecule has 0 saturated carbocycles. The van der Waals surface area contributed by atoms with Crippen LogP contribution in [0.4, 0.5) is 11.4 Å². The number of ether oxygens (including phenoxy) is 1. The third kappa shape index (κ3) is 8.15. The van der Waals surface area contributed by atoms with E-state index in [0.717, 1.165) is 34.0 Å². The molecule has 0 unspecified atom stereocenters. The van der Waals surface area contributed by atoms with Crippen molar-refractivity contribution in [2.45, 2.75) is 124 Å². The lowest BCUT2D eigenvalue weighted by molar-refractivity contribution is 0.479. The molecule has 1 aliphatic heterocycles. The first-order valence-corrected chi connectivity index (χ1v) is 22.3. The van der Waals surface area contributed by atoms with Gasteiger partial charge in [-0.2, -0.15) is 0 Å². The summed E-state index contributed by atoms with van der Waals surface area (Å²) >= 11 is 0. The third-order valence-corrected chi connectivity index (χ3v) is 12.7. The van der Waals surface area contributed by atoms with Gasteiger partial charge >= 0.3 is 0 Å². The molecular formula is C57H66N4O. The van der Waals surface area contributed by atoms with E-state index in [0.29, 0.717) is 6.67 Å². The van der Waals surface area contributed by atoms with Gasteiger partial charge in [-0.3, -0.25) is 4.57 Å². The summed E-state index contributed by atoms with van der Waals surface area (Å²) in [5, 5.41) is 2.45. The van der Waals surface area contributed by atoms with Gasteiger partial charge in [0.1, 0.15) is 17.3 Å². The lowest BCUT2D eigenvalue weighted by Gasteiger charge is -2.34. The summed E-state index contributed by atoms with van der Waals surface area (Å²) in [7, 11) is 0. The predicted octanol–water partition coefficient (Wildman–Crippen LogP) is 15.3. The molecule has 0 saturated heterocycles. The maximum absolute atomic E-state index is 7.02. The van der Waals surface area contributed by atoms with Crippen LogP contribution < -0.4 is 14.5 Å². The monoisotopic (exact) mass is 823 g/mol. The van der Waals surface area contributed by atoms with Gasteiger partial charge in [0.15, 0.2) is 0 Å². The summed E-state index contributed by atoms with van der Waals surface area (Å²) in [6, 6.07) is 44.2. The fourth-order valence-corrected chi connectivity index (χ4v) is 8.83. The maximum Gasteiger partial charge on any atom is 0.137 e. The Morgan fingerprint density at radius 1 is 0.500 bits per heavy atom. The van der Waals surface area contributed by atoms with E-state index in [4.69, 9.17) is 9.72 Å². The van der Waals surface area contributed by atoms with Crippen LogP contribution in [0.2, 0.25) is 0 Å². The maximum atomic E-state index is 7.02. The van der Waals surface area contributed by atoms with Crippen LogP contribution in [0.3, 0.4) is 0 Å². The van der Waals surface area contributed by atoms with Gasteiger partial charge in [-0.05, 0) is 98.0 Å². The summed E-state index contributed by atoms with van der Waals surface area (Å²) in [5.41, 5.74) is 11.7. The van der Waals surface area contributed by atoms with Crippen LogP contribution in [-0.2, 0) is 27.1 Å². The fourth-order valence-electron chi connectivity index (χ4n) is 8.83. The van der Waals surface area contributed by atoms with Gasteiger partial charge in [0.05, 0.1) is 17.7 Å². The highest BCUT2D eigenvalue weighted by atomic mass is 16.5. The highest BCUT2D eigenvalue weighted by Crippen LogP contribution is 2.45. The summed E-state index contributed by atoms with van der Waals surface area (Å²) in [5.74, 6) is 2.49. The number of allylic oxidation sites excluding steroid dienone is 1. The molecule has 5 aromatic carbocycles. The number of fused-ring (bicyclic) bond motifs is 3. The number of nitrogens with zero attached hydrogens (tertiary/aromatic N) is 4. The zero-order chi connectivity index (χ0) is 44.6. The van der Waals surface area contributed by atoms with E-state index in [9.17, 15) is 0 Å². The SMILES string of the molecule is CC(C)(C)c1cc(N2C=C(C(C)(C)c3ccccc3)N(c3cccc(Oc4cc(C(C)(C)C)c5c6ccccc6n(-c6cc(C(C)(C)C)ccn6)c5c4)c3)C2)cc(C(C)(C)C)c1. The van der Waals surface area contributed by atoms with Crippen LogP contribution in [0.1, 0.15) is 125 Å². The van der Waals surface area contributed by atoms with E-state index in [1.54, 1.807) is 0 Å². The molecule has 8 rings (SSSR count). The van der Waals surface area contributed by atoms with Gasteiger partial charge < -0.3 is 14.5 Å². The number of para-hydroxylation sites is 1. The van der Waals surface area contributed by atoms with Crippen molar-refractivity contribution in [3.05, 3.63) is 167 Å². The molecule has 0 fully saturated rings. The number of benzene rings is 5. The van der Waals surface area contributed by atoms with E-state index in [1.165, 1.54) is 50.0 Å². The van der Waals surface area contributed by atoms with Crippen molar-refractivity contribution in [1.29, 1.82) is 0 Å². The molecule has 320 valence electrons. The van der Waals surface area contributed by atoms with E-state index >= 15 is 0 Å². The number of hydrogen-bond donors (Lipinski definition) is 0. The summed E-state index contributed by atoms with van der Waals surface area (Å²) < 4.78 is 9.34. The van der Waals surface area contributed by atoms with Crippen molar-refractivity contribution in [3.63, 3.8) is 0 Å². The van der Waals surface area contributed by atoms with Gasteiger partial charge in [0, 0.05) is 57.8 Å². The van der Waals surface area contributed by atoms with Crippen molar-refractivity contribution >= 4 is 33.2 Å². The number of anilines is 2. The molecular weight excluding hydrogens is 757 g/mol. The topological polar surface area (TPSA) is 33.5 Å². The number of rotatable bonds is 7. The Morgan fingerprint density at radius 2 is 1.15 bits per heavy atom. The molecule has 2 aromatic heterocycles. The Hall–Kier alpha value is -5.81. The quantitative estimate of drug-likeness (QED) is 0.160. The lowest BCUT2D eigenvalue weighted by Crippen LogP contribution is -2.34. The van der Waals surface area contributed by atoms with Gasteiger partial charge in [0.25, 0.3) is 0 Å². The van der Waals surface area contributed by atoms with Crippen LogP contribution in [0.25, 0.3) is 27.6 Å². The molecule has 62 heavy (non-hydrogen) atoms. The minimum absolute atomic E-state index is 0.00809. The Labute approximate surface area is 371 Å². The molecule has 5 heteroatoms. The highest BCUT2D eigenvalue weighted by Gasteiger charge is 2.37. The second-order valence-corrected chi connectivity index (χ2v) is 22.0. The Morgan fingerprint density at radius 3 is 1.79 bits per heavy atom. The van der Waals surface area contributed by atoms with E-state index in [2.05, 4.69) is 239 Å². The van der Waals surface area contributed by atoms with Gasteiger partial charge in [0.2, 0.25) is 0 Å². The molecule has 1 aliphatic rings. The Kier molecular flexibility index (Phi) is 10.5. The van der Waals surface area contributed by atoms with E-state index in [-0.39, 0.29) is 27.1 Å². The van der Waals surface area contributed by atoms with Crippen molar-refractivity contribution < 1.29 is 4.74 Å². The normalized spacial score (nSPS) is 14.3. The Bertz CT molecular complexity index is 2780. The lowest BCUT2D eigenvalue weighted by atomic mass is 9.80. The van der Waals surface area contributed by atoms with E-state index in [1.807, 2.05) is 6.20 Å². The van der Waals surface area contributed by atoms with Crippen molar-refractivity contribution in [3.8, 4) is 17.3 Å². The van der Waals surface area contributed by atoms with Gasteiger partial charge in [-0.25, -0.2) is 4.98 Å². The molecule has 0 amide bonds. The summed E-state index contributed by atoms with van der Waals surface area (Å²) in [6.07, 6.45) is 4.32. The first kappa shape index (κ1) is 42.9. The number of pyridine rings is 1. The van der Waals surface area contributed by atoms with Gasteiger partial charge in [-0.15, -0.1) is 0 Å². The van der Waals surface area contributed by atoms with E-state index < -0.39 is 0 Å². The van der Waals surface area contributed by atoms with Crippen LogP contribution in [0.5, 0.6) is 11.5 Å². The molecule has 0 N–H and O–H groups in total. The standard InChI is InChI=1S/C57H66N4O/c1-53(2,3)39-27-28-58-51(32-39)61-48-26-19-18-25-46(48)52-47(56(10,11)12)34-45(35-49(52)61)62-44-24-20-23-42(33-44)60-37-59(36-50(60)57(13,14)38-21-16-15-17-22-38)43-30-40(54(4,5)6)29-41(31-43)55(7,8)9/h15-36H,37H2,1-14H3. The predicted molar refractivity (Wildman–Crippen MR) is 264 cm³/mol. The number of aromatic nitrogens is 2. The minimum atomic E-state index is -0.292. The summed E-state index contributed by atoms with van der Waals surface area (Å²) in [4.78, 5) is 9.88. The molecule has 7 aromatic rings. The molecule has 0 atom stereocenters. The average Bonchev–Trinajstić information content (AvgIpc) is 3.81. The first-order chi connectivity index (χ1) is 29.0. The molecule has 0 spiro atoms. The third-order valence-electron chi connectivity index (χ3n) is 12.7. The second kappa shape index (κ2) is 15.2. The zero-order valence-electron chi connectivity index (χ0n) is 39.6. The molecule has 0 bridgehead atoms. The molecule has 5 nitrogen and oxygen atoms in total. The van der Waals surface area contributed by atoms with Crippen LogP contribution in [-0.4, -0.2) is 16.2 Å². The van der Waals surface area contributed by atoms with Crippen LogP contribution in [0, 0.1) is 0 Å². The number of hydrogen-bond acceptors (Lipinski definition) is 4. The van der Waals surface area contributed by atoms with Crippen molar-refractivity contribution in [1.82, 2.24) is 9.55 Å². The molecule has 0 radical (unpaired) electrons. The minimum Gasteiger partial charge on any atom is -0.457 e. The van der Waals surface area contributed by atoms with Crippen molar-refractivity contribution in [2.24, 2.45) is 0 Å². The van der Waals surface area contributed by atoms with Crippen molar-refractivity contribution in [2.75, 3.05) is 16.5 Å². The summed E-state index contributed by atoms with van der Waals surface area (Å²) in [6.45, 7) is 32.8. The largest absolute Gasteiger partial charge is 0.457 e. The molecule has 3 heterocycles. The highest BCUT2D eigenvalue weighted by molar-refractivity contribution is 6.11. The smallest absolute Gasteiger partial charge is 0.137 e. The average molecular weight is 823 g/mol. The fraction of sp³-hybridized carbons (Fsp3) is 0.351. The first-order valence-electron chi connectivity index (χ1n) is 22.3. The van der Waals surface area contributed by atoms with Crippen LogP contribution >= 0.6 is 0 Å². The zero-order valence-corrected chi connectivity index (χ0v) is 39.6. The van der Waals surface area contributed by atoms with Crippen LogP contribution in [0.15, 0.2) is 139 Å². The van der Waals surface area contributed by atoms with Gasteiger partial charge in [-0.1, -0.05) is 158 Å².